The van der Waals surface area contributed by atoms with Gasteiger partial charge in [0.1, 0.15) is 6.29 Å². The molecule has 4 heteroatoms. The fourth-order valence-corrected chi connectivity index (χ4v) is 0.845. The summed E-state index contributed by atoms with van der Waals surface area (Å²) in [5.74, 6) is -0.334. The summed E-state index contributed by atoms with van der Waals surface area (Å²) in [6.45, 7) is -0.142. The second kappa shape index (κ2) is 2.62. The zero-order chi connectivity index (χ0) is 7.61. The van der Waals surface area contributed by atoms with Crippen LogP contribution in [-0.4, -0.2) is 19.0 Å². The van der Waals surface area contributed by atoms with Crippen molar-refractivity contribution in [2.45, 2.75) is 19.0 Å². The molecular formula is C6H8F2O2. The highest BCUT2D eigenvalue weighted by Crippen LogP contribution is 2.29. The highest BCUT2D eigenvalue weighted by atomic mass is 19.3. The summed E-state index contributed by atoms with van der Waals surface area (Å²) in [5.41, 5.74) is 0. The zero-order valence-corrected chi connectivity index (χ0v) is 5.35. The lowest BCUT2D eigenvalue weighted by Crippen LogP contribution is -2.31. The van der Waals surface area contributed by atoms with Crippen LogP contribution in [0.15, 0.2) is 0 Å². The first-order valence-corrected chi connectivity index (χ1v) is 3.11. The van der Waals surface area contributed by atoms with E-state index in [1.54, 1.807) is 0 Å². The molecule has 0 amide bonds. The maximum Gasteiger partial charge on any atom is 0.355 e. The molecule has 1 fully saturated rings. The van der Waals surface area contributed by atoms with Gasteiger partial charge in [-0.25, -0.2) is 0 Å². The van der Waals surface area contributed by atoms with Crippen molar-refractivity contribution in [3.05, 3.63) is 0 Å². The van der Waals surface area contributed by atoms with E-state index < -0.39 is 6.11 Å². The maximum atomic E-state index is 12.2. The zero-order valence-electron chi connectivity index (χ0n) is 5.35. The van der Waals surface area contributed by atoms with Crippen LogP contribution in [0.3, 0.4) is 0 Å². The standard InChI is InChI=1S/C6H8F2O2/c7-6(8)2-1-5(3-9)4-10-6/h3,5H,1-2,4H2. The molecule has 1 atom stereocenters. The highest BCUT2D eigenvalue weighted by molar-refractivity contribution is 5.53. The normalized spacial score (nSPS) is 31.6. The molecule has 0 aliphatic carbocycles. The lowest BCUT2D eigenvalue weighted by Gasteiger charge is -2.24. The van der Waals surface area contributed by atoms with E-state index in [2.05, 4.69) is 4.74 Å². The minimum absolute atomic E-state index is 0.142. The molecule has 0 bridgehead atoms. The summed E-state index contributed by atoms with van der Waals surface area (Å²) < 4.78 is 28.5. The Labute approximate surface area is 57.2 Å². The second-order valence-corrected chi connectivity index (χ2v) is 2.38. The number of hydrogen-bond donors (Lipinski definition) is 0. The minimum atomic E-state index is -3.00. The fraction of sp³-hybridized carbons (Fsp3) is 0.833. The first-order chi connectivity index (χ1) is 4.64. The Balaban J connectivity index is 2.38. The Morgan fingerprint density at radius 1 is 1.60 bits per heavy atom. The number of halogens is 2. The third-order valence-electron chi connectivity index (χ3n) is 1.51. The van der Waals surface area contributed by atoms with Crippen LogP contribution in [0.2, 0.25) is 0 Å². The molecule has 0 radical (unpaired) electrons. The maximum absolute atomic E-state index is 12.2. The quantitative estimate of drug-likeness (QED) is 0.525. The Bertz CT molecular complexity index is 126. The summed E-state index contributed by atoms with van der Waals surface area (Å²) in [6.07, 6.45) is -2.44. The molecule has 0 aromatic heterocycles. The van der Waals surface area contributed by atoms with Crippen molar-refractivity contribution in [3.8, 4) is 0 Å². The van der Waals surface area contributed by atoms with Crippen LogP contribution in [-0.2, 0) is 9.53 Å². The van der Waals surface area contributed by atoms with Gasteiger partial charge in [-0.1, -0.05) is 0 Å². The van der Waals surface area contributed by atoms with Gasteiger partial charge in [-0.05, 0) is 6.42 Å². The van der Waals surface area contributed by atoms with Crippen LogP contribution in [0, 0.1) is 5.92 Å². The van der Waals surface area contributed by atoms with Gasteiger partial charge >= 0.3 is 6.11 Å². The molecule has 0 aromatic rings. The van der Waals surface area contributed by atoms with Crippen molar-refractivity contribution in [1.82, 2.24) is 0 Å². The Morgan fingerprint density at radius 3 is 2.70 bits per heavy atom. The van der Waals surface area contributed by atoms with Gasteiger partial charge in [0.25, 0.3) is 0 Å². The van der Waals surface area contributed by atoms with Gasteiger partial charge in [0, 0.05) is 12.3 Å². The lowest BCUT2D eigenvalue weighted by atomic mass is 10.0. The summed E-state index contributed by atoms with van der Waals surface area (Å²) in [5, 5.41) is 0. The van der Waals surface area contributed by atoms with Gasteiger partial charge in [0.2, 0.25) is 0 Å². The van der Waals surface area contributed by atoms with E-state index in [-0.39, 0.29) is 25.4 Å². The molecule has 1 unspecified atom stereocenters. The molecule has 1 saturated heterocycles. The van der Waals surface area contributed by atoms with Gasteiger partial charge in [0.05, 0.1) is 6.61 Å². The molecule has 1 aliphatic heterocycles. The predicted molar refractivity (Wildman–Crippen MR) is 29.7 cm³/mol. The third kappa shape index (κ3) is 1.73. The van der Waals surface area contributed by atoms with Gasteiger partial charge in [-0.15, -0.1) is 0 Å². The van der Waals surface area contributed by atoms with E-state index in [1.165, 1.54) is 0 Å². The lowest BCUT2D eigenvalue weighted by molar-refractivity contribution is -0.264. The molecule has 0 N–H and O–H groups in total. The van der Waals surface area contributed by atoms with Crippen molar-refractivity contribution in [2.75, 3.05) is 6.61 Å². The van der Waals surface area contributed by atoms with E-state index in [9.17, 15) is 13.6 Å². The van der Waals surface area contributed by atoms with Crippen molar-refractivity contribution in [3.63, 3.8) is 0 Å². The van der Waals surface area contributed by atoms with Crippen LogP contribution >= 0.6 is 0 Å². The van der Waals surface area contributed by atoms with Crippen molar-refractivity contribution in [1.29, 1.82) is 0 Å². The Morgan fingerprint density at radius 2 is 2.30 bits per heavy atom. The van der Waals surface area contributed by atoms with E-state index in [0.29, 0.717) is 6.29 Å². The van der Waals surface area contributed by atoms with Gasteiger partial charge in [-0.3, -0.25) is 0 Å². The molecule has 58 valence electrons. The average molecular weight is 150 g/mol. The smallest absolute Gasteiger partial charge is 0.320 e. The van der Waals surface area contributed by atoms with Crippen LogP contribution in [0.4, 0.5) is 8.78 Å². The third-order valence-corrected chi connectivity index (χ3v) is 1.51. The number of carbonyl (C=O) groups excluding carboxylic acids is 1. The molecule has 0 spiro atoms. The molecule has 1 heterocycles. The molecule has 0 saturated carbocycles. The summed E-state index contributed by atoms with van der Waals surface area (Å²) in [6, 6.07) is 0. The van der Waals surface area contributed by atoms with Crippen molar-refractivity contribution in [2.24, 2.45) is 5.92 Å². The number of aldehydes is 1. The topological polar surface area (TPSA) is 26.3 Å². The van der Waals surface area contributed by atoms with Crippen LogP contribution < -0.4 is 0 Å². The number of carbonyl (C=O) groups is 1. The number of alkyl halides is 2. The largest absolute Gasteiger partial charge is 0.355 e. The fourth-order valence-electron chi connectivity index (χ4n) is 0.845. The van der Waals surface area contributed by atoms with E-state index in [4.69, 9.17) is 0 Å². The number of hydrogen-bond acceptors (Lipinski definition) is 2. The first-order valence-electron chi connectivity index (χ1n) is 3.11. The Kier molecular flexibility index (Phi) is 1.99. The summed E-state index contributed by atoms with van der Waals surface area (Å²) in [4.78, 5) is 10.0. The van der Waals surface area contributed by atoms with E-state index >= 15 is 0 Å². The van der Waals surface area contributed by atoms with Crippen LogP contribution in [0.1, 0.15) is 12.8 Å². The van der Waals surface area contributed by atoms with Crippen LogP contribution in [0.5, 0.6) is 0 Å². The molecule has 1 aliphatic rings. The monoisotopic (exact) mass is 150 g/mol. The summed E-state index contributed by atoms with van der Waals surface area (Å²) >= 11 is 0. The van der Waals surface area contributed by atoms with Crippen molar-refractivity contribution < 1.29 is 18.3 Å². The molecule has 10 heavy (non-hydrogen) atoms. The minimum Gasteiger partial charge on any atom is -0.320 e. The van der Waals surface area contributed by atoms with E-state index in [1.807, 2.05) is 0 Å². The molecule has 2 nitrogen and oxygen atoms in total. The Hall–Kier alpha value is -0.510. The number of rotatable bonds is 1. The first kappa shape index (κ1) is 7.60. The van der Waals surface area contributed by atoms with Crippen molar-refractivity contribution >= 4 is 6.29 Å². The number of ether oxygens (including phenoxy) is 1. The van der Waals surface area contributed by atoms with Gasteiger partial charge < -0.3 is 9.53 Å². The average Bonchev–Trinajstić information content (AvgIpc) is 1.88. The van der Waals surface area contributed by atoms with Gasteiger partial charge in [0.15, 0.2) is 0 Å². The predicted octanol–water partition coefficient (Wildman–Crippen LogP) is 1.20. The molecule has 0 aromatic carbocycles. The SMILES string of the molecule is O=CC1CCC(F)(F)OC1. The second-order valence-electron chi connectivity index (χ2n) is 2.38. The highest BCUT2D eigenvalue weighted by Gasteiger charge is 2.35. The van der Waals surface area contributed by atoms with Crippen LogP contribution in [0.25, 0.3) is 0 Å². The molecular weight excluding hydrogens is 142 g/mol. The summed E-state index contributed by atoms with van der Waals surface area (Å²) in [7, 11) is 0. The van der Waals surface area contributed by atoms with E-state index in [0.717, 1.165) is 0 Å². The van der Waals surface area contributed by atoms with Gasteiger partial charge in [-0.2, -0.15) is 8.78 Å². The molecule has 1 rings (SSSR count).